The number of aromatic nitrogens is 3. The van der Waals surface area contributed by atoms with Gasteiger partial charge < -0.3 is 4.74 Å². The van der Waals surface area contributed by atoms with E-state index in [-0.39, 0.29) is 0 Å². The van der Waals surface area contributed by atoms with E-state index in [1.54, 1.807) is 0 Å². The first kappa shape index (κ1) is 30.5. The van der Waals surface area contributed by atoms with Crippen LogP contribution in [0.2, 0.25) is 0 Å². The summed E-state index contributed by atoms with van der Waals surface area (Å²) in [4.78, 5) is 15.1. The summed E-state index contributed by atoms with van der Waals surface area (Å²) >= 11 is 0. The molecule has 0 saturated heterocycles. The van der Waals surface area contributed by atoms with Crippen LogP contribution in [0.5, 0.6) is 11.5 Å². The highest BCUT2D eigenvalue weighted by atomic mass is 16.5. The smallest absolute Gasteiger partial charge is 0.164 e. The number of hydrogen-bond donors (Lipinski definition) is 0. The van der Waals surface area contributed by atoms with E-state index in [4.69, 9.17) is 19.7 Å². The van der Waals surface area contributed by atoms with Gasteiger partial charge in [-0.1, -0.05) is 170 Å². The second-order valence-electron chi connectivity index (χ2n) is 13.9. The van der Waals surface area contributed by atoms with Gasteiger partial charge in [0.15, 0.2) is 17.5 Å². The fourth-order valence-electron chi connectivity index (χ4n) is 8.57. The van der Waals surface area contributed by atoms with Crippen molar-refractivity contribution in [2.45, 2.75) is 5.41 Å². The molecule has 1 aliphatic heterocycles. The van der Waals surface area contributed by atoms with Crippen molar-refractivity contribution in [1.29, 1.82) is 0 Å². The third-order valence-corrected chi connectivity index (χ3v) is 11.0. The van der Waals surface area contributed by atoms with Crippen LogP contribution in [0.25, 0.3) is 67.2 Å². The number of para-hydroxylation sites is 1. The number of nitrogens with zero attached hydrogens (tertiary/aromatic N) is 3. The monoisotopic (exact) mass is 689 g/mol. The van der Waals surface area contributed by atoms with E-state index in [1.165, 1.54) is 27.8 Å². The number of benzene rings is 8. The van der Waals surface area contributed by atoms with Crippen molar-refractivity contribution >= 4 is 10.8 Å². The molecule has 0 saturated carbocycles. The largest absolute Gasteiger partial charge is 0.456 e. The molecule has 0 amide bonds. The highest BCUT2D eigenvalue weighted by molar-refractivity contribution is 5.97. The Bertz CT molecular complexity index is 2860. The minimum atomic E-state index is -0.506. The maximum atomic E-state index is 6.91. The third kappa shape index (κ3) is 4.53. The van der Waals surface area contributed by atoms with Crippen molar-refractivity contribution in [3.8, 4) is 67.9 Å². The maximum absolute atomic E-state index is 6.91. The van der Waals surface area contributed by atoms with Crippen molar-refractivity contribution in [1.82, 2.24) is 15.0 Å². The summed E-state index contributed by atoms with van der Waals surface area (Å²) in [6, 6.07) is 66.0. The topological polar surface area (TPSA) is 47.9 Å². The van der Waals surface area contributed by atoms with E-state index in [1.807, 2.05) is 36.4 Å². The molecule has 11 rings (SSSR count). The molecule has 4 heteroatoms. The van der Waals surface area contributed by atoms with Gasteiger partial charge in [-0.25, -0.2) is 15.0 Å². The molecular formula is C50H31N3O. The molecule has 252 valence electrons. The van der Waals surface area contributed by atoms with Gasteiger partial charge in [0.05, 0.1) is 5.41 Å². The molecule has 0 N–H and O–H groups in total. The van der Waals surface area contributed by atoms with E-state index in [9.17, 15) is 0 Å². The highest BCUT2D eigenvalue weighted by Gasteiger charge is 2.51. The van der Waals surface area contributed by atoms with Gasteiger partial charge in [0.2, 0.25) is 0 Å². The van der Waals surface area contributed by atoms with Crippen molar-refractivity contribution in [3.63, 3.8) is 0 Å². The molecule has 0 bridgehead atoms. The van der Waals surface area contributed by atoms with Gasteiger partial charge in [-0.3, -0.25) is 0 Å². The first-order valence-electron chi connectivity index (χ1n) is 18.3. The van der Waals surface area contributed by atoms with Crippen LogP contribution in [0.4, 0.5) is 0 Å². The van der Waals surface area contributed by atoms with E-state index in [0.29, 0.717) is 17.5 Å². The number of fused-ring (bicyclic) bond motifs is 11. The Balaban J connectivity index is 1.08. The predicted octanol–water partition coefficient (Wildman–Crippen LogP) is 12.2. The number of rotatable bonds is 4. The van der Waals surface area contributed by atoms with Crippen molar-refractivity contribution in [2.75, 3.05) is 0 Å². The SMILES string of the molecule is c1ccc(-c2ccc(-c3nc(-c4ccccc4)nc(-c4ccc5c6c(ccc5c4)C4(c5ccccc5O6)c5ccccc5-c5ccccc54)n3)cc2)cc1. The lowest BCUT2D eigenvalue weighted by Crippen LogP contribution is -2.32. The maximum Gasteiger partial charge on any atom is 0.164 e. The molecule has 54 heavy (non-hydrogen) atoms. The normalized spacial score (nSPS) is 13.1. The van der Waals surface area contributed by atoms with Gasteiger partial charge in [0.1, 0.15) is 11.5 Å². The molecule has 0 radical (unpaired) electrons. The van der Waals surface area contributed by atoms with Crippen LogP contribution in [-0.4, -0.2) is 15.0 Å². The molecule has 1 aromatic heterocycles. The van der Waals surface area contributed by atoms with Crippen molar-refractivity contribution in [2.24, 2.45) is 0 Å². The van der Waals surface area contributed by atoms with E-state index < -0.39 is 5.41 Å². The zero-order valence-electron chi connectivity index (χ0n) is 29.1. The highest BCUT2D eigenvalue weighted by Crippen LogP contribution is 2.62. The molecule has 8 aromatic carbocycles. The lowest BCUT2D eigenvalue weighted by Gasteiger charge is -2.39. The first-order chi connectivity index (χ1) is 26.8. The van der Waals surface area contributed by atoms with Crippen LogP contribution in [0.15, 0.2) is 188 Å². The van der Waals surface area contributed by atoms with Crippen LogP contribution < -0.4 is 4.74 Å². The van der Waals surface area contributed by atoms with Crippen LogP contribution in [0, 0.1) is 0 Å². The zero-order chi connectivity index (χ0) is 35.6. The van der Waals surface area contributed by atoms with Gasteiger partial charge in [0, 0.05) is 33.2 Å². The molecule has 0 fully saturated rings. The average Bonchev–Trinajstić information content (AvgIpc) is 3.54. The fourth-order valence-corrected chi connectivity index (χ4v) is 8.57. The van der Waals surface area contributed by atoms with Gasteiger partial charge in [-0.15, -0.1) is 0 Å². The van der Waals surface area contributed by atoms with Crippen LogP contribution in [0.3, 0.4) is 0 Å². The predicted molar refractivity (Wildman–Crippen MR) is 216 cm³/mol. The standard InChI is InChI=1S/C50H31N3O/c1-3-13-32(14-4-1)33-23-25-35(26-24-33)48-51-47(34-15-5-2-6-16-34)52-49(53-48)37-27-29-38-36(31-37)28-30-44-46(38)54-45-22-12-11-21-43(45)50(44)41-19-9-7-17-39(41)40-18-8-10-20-42(40)50/h1-31H. The second kappa shape index (κ2) is 11.9. The molecular weight excluding hydrogens is 659 g/mol. The molecule has 0 unspecified atom stereocenters. The summed E-state index contributed by atoms with van der Waals surface area (Å²) in [5.74, 6) is 3.63. The Kier molecular flexibility index (Phi) is 6.73. The van der Waals surface area contributed by atoms with Gasteiger partial charge >= 0.3 is 0 Å². The fraction of sp³-hybridized carbons (Fsp3) is 0.0200. The summed E-state index contributed by atoms with van der Waals surface area (Å²) < 4.78 is 6.91. The van der Waals surface area contributed by atoms with Gasteiger partial charge in [0.25, 0.3) is 0 Å². The minimum absolute atomic E-state index is 0.506. The molecule has 2 heterocycles. The lowest BCUT2D eigenvalue weighted by molar-refractivity contribution is 0.441. The van der Waals surface area contributed by atoms with Crippen molar-refractivity contribution < 1.29 is 4.74 Å². The molecule has 4 nitrogen and oxygen atoms in total. The second-order valence-corrected chi connectivity index (χ2v) is 13.9. The molecule has 1 spiro atoms. The molecule has 9 aromatic rings. The summed E-state index contributed by atoms with van der Waals surface area (Å²) in [5, 5.41) is 2.09. The Morgan fingerprint density at radius 2 is 0.833 bits per heavy atom. The first-order valence-corrected chi connectivity index (χ1v) is 18.3. The number of ether oxygens (including phenoxy) is 1. The van der Waals surface area contributed by atoms with Crippen LogP contribution in [-0.2, 0) is 5.41 Å². The summed E-state index contributed by atoms with van der Waals surface area (Å²) in [6.45, 7) is 0. The molecule has 1 aliphatic carbocycles. The molecule has 0 atom stereocenters. The molecule has 2 aliphatic rings. The van der Waals surface area contributed by atoms with E-state index in [0.717, 1.165) is 55.7 Å². The third-order valence-electron chi connectivity index (χ3n) is 11.0. The Morgan fingerprint density at radius 1 is 0.352 bits per heavy atom. The van der Waals surface area contributed by atoms with Crippen molar-refractivity contribution in [3.05, 3.63) is 210 Å². The van der Waals surface area contributed by atoms with Crippen LogP contribution in [0.1, 0.15) is 22.3 Å². The van der Waals surface area contributed by atoms with Gasteiger partial charge in [-0.2, -0.15) is 0 Å². The summed E-state index contributed by atoms with van der Waals surface area (Å²) in [5.41, 5.74) is 12.0. The van der Waals surface area contributed by atoms with Crippen LogP contribution >= 0.6 is 0 Å². The summed E-state index contributed by atoms with van der Waals surface area (Å²) in [7, 11) is 0. The van der Waals surface area contributed by atoms with Gasteiger partial charge in [-0.05, 0) is 57.0 Å². The Morgan fingerprint density at radius 3 is 1.50 bits per heavy atom. The zero-order valence-corrected chi connectivity index (χ0v) is 29.1. The van der Waals surface area contributed by atoms with E-state index >= 15 is 0 Å². The average molecular weight is 690 g/mol. The minimum Gasteiger partial charge on any atom is -0.456 e. The Labute approximate surface area is 313 Å². The van der Waals surface area contributed by atoms with E-state index in [2.05, 4.69) is 152 Å². The number of hydrogen-bond acceptors (Lipinski definition) is 4. The lowest BCUT2D eigenvalue weighted by atomic mass is 9.66. The Hall–Kier alpha value is -7.17. The summed E-state index contributed by atoms with van der Waals surface area (Å²) in [6.07, 6.45) is 0. The quantitative estimate of drug-likeness (QED) is 0.185.